The highest BCUT2D eigenvalue weighted by Crippen LogP contribution is 2.23. The third kappa shape index (κ3) is 26.4. The standard InChI is InChI=1S/C76H110N20O14/c1-40(2)29-56-67(102)81-37-61(97)84-54(26-27-62(98)99)68(103)88-57(30-41(3)4)74(109)92-64(43(7)8)75(110)90-59(32-46-35-80-52-22-16-14-20-50(46)52)71(106)85-53(69(104)91-63(42(5)6)65(77)100)23-17-18-28-96-38-47(94-95-96)24-25-55(93-76(10,11)12)70(105)83-44(9)66(101)86-58(31-45-34-79-51-21-15-13-19-49(45)51)72(107)89-60(73(108)87-56)33-48-36-78-39-82-48/h13-16,19-22,34-36,38-44,53-60,63-64,79-80,93H,17-18,23-33,37H2,1-12H3,(H2,77,100)(H,78,82)(H,81,102)(H,83,105)(H,84,97)(H,85,106)(H,86,101)(H,87,108)(H,88,103)(H,89,107)(H,90,110)(H,91,104)(H,92,109)(H,98,99)/t44-,53-,54-,55-,56-,57-,58-,59-,60-,63-,64-/m0/s1. The number of nitrogens with one attached hydrogen (secondary N) is 15. The van der Waals surface area contributed by atoms with Gasteiger partial charge in [0, 0.05) is 90.1 Å². The number of aliphatic carboxylic acids is 1. The lowest BCUT2D eigenvalue weighted by atomic mass is 9.98. The molecule has 6 aromatic rings. The molecule has 110 heavy (non-hydrogen) atoms. The predicted molar refractivity (Wildman–Crippen MR) is 408 cm³/mol. The highest BCUT2D eigenvalue weighted by Gasteiger charge is 2.38. The van der Waals surface area contributed by atoms with Crippen molar-refractivity contribution in [3.63, 3.8) is 0 Å². The zero-order valence-electron chi connectivity index (χ0n) is 64.7. The van der Waals surface area contributed by atoms with E-state index in [-0.39, 0.29) is 76.2 Å². The fourth-order valence-corrected chi connectivity index (χ4v) is 12.9. The molecule has 1 aliphatic rings. The van der Waals surface area contributed by atoms with Gasteiger partial charge in [0.05, 0.1) is 24.6 Å². The number of hydrogen-bond donors (Lipinski definition) is 17. The summed E-state index contributed by atoms with van der Waals surface area (Å²) in [7, 11) is 0. The largest absolute Gasteiger partial charge is 0.481 e. The topological polar surface area (TPSA) is 503 Å². The van der Waals surface area contributed by atoms with Crippen LogP contribution in [-0.2, 0) is 94.6 Å². The van der Waals surface area contributed by atoms with E-state index < -0.39 is 180 Å². The zero-order chi connectivity index (χ0) is 80.7. The van der Waals surface area contributed by atoms with Crippen LogP contribution in [0.15, 0.2) is 79.6 Å². The number of primary amides is 1. The highest BCUT2D eigenvalue weighted by molar-refractivity contribution is 6.00. The summed E-state index contributed by atoms with van der Waals surface area (Å²) in [5.74, 6) is -12.8. The van der Waals surface area contributed by atoms with Crippen LogP contribution in [0.4, 0.5) is 0 Å². The number of aromatic nitrogens is 7. The number of carboxylic acid groups (broad SMARTS) is 1. The molecule has 0 radical (unpaired) electrons. The van der Waals surface area contributed by atoms with Gasteiger partial charge in [0.15, 0.2) is 0 Å². The van der Waals surface area contributed by atoms with Crippen LogP contribution in [0.1, 0.15) is 157 Å². The van der Waals surface area contributed by atoms with Crippen molar-refractivity contribution in [1.29, 1.82) is 0 Å². The molecule has 18 N–H and O–H groups in total. The third-order valence-corrected chi connectivity index (χ3v) is 18.7. The molecular weight excluding hydrogens is 1420 g/mol. The molecule has 7 rings (SSSR count). The lowest BCUT2D eigenvalue weighted by Crippen LogP contribution is -2.61. The van der Waals surface area contributed by atoms with Crippen molar-refractivity contribution in [1.82, 2.24) is 98.7 Å². The quantitative estimate of drug-likeness (QED) is 0.0543. The molecule has 0 aliphatic carbocycles. The first-order valence-electron chi connectivity index (χ1n) is 37.6. The van der Waals surface area contributed by atoms with E-state index in [1.165, 1.54) is 19.4 Å². The maximum Gasteiger partial charge on any atom is 0.303 e. The molecule has 2 bridgehead atoms. The molecule has 0 unspecified atom stereocenters. The van der Waals surface area contributed by atoms with Crippen LogP contribution in [-0.4, -0.2) is 195 Å². The van der Waals surface area contributed by atoms with E-state index >= 15 is 4.79 Å². The molecule has 0 saturated carbocycles. The number of aromatic amines is 3. The minimum Gasteiger partial charge on any atom is -0.481 e. The number of nitrogens with two attached hydrogens (primary N) is 1. The fourth-order valence-electron chi connectivity index (χ4n) is 12.9. The van der Waals surface area contributed by atoms with Gasteiger partial charge < -0.3 is 89.6 Å². The number of imidazole rings is 1. The van der Waals surface area contributed by atoms with Crippen LogP contribution >= 0.6 is 0 Å². The minimum absolute atomic E-state index is 0.00398. The number of carbonyl (C=O) groups is 13. The zero-order valence-corrected chi connectivity index (χ0v) is 64.7. The molecule has 4 aromatic heterocycles. The molecule has 0 fully saturated rings. The van der Waals surface area contributed by atoms with Crippen LogP contribution < -0.4 is 69.5 Å². The average Bonchev–Trinajstić information content (AvgIpc) is 1.63. The molecule has 12 amide bonds. The Bertz CT molecular complexity index is 4170. The first-order valence-corrected chi connectivity index (χ1v) is 37.6. The van der Waals surface area contributed by atoms with Crippen LogP contribution in [0.2, 0.25) is 0 Å². The highest BCUT2D eigenvalue weighted by atomic mass is 16.4. The van der Waals surface area contributed by atoms with E-state index in [9.17, 15) is 62.6 Å². The number of benzene rings is 2. The van der Waals surface area contributed by atoms with Crippen molar-refractivity contribution < 1.29 is 67.4 Å². The molecule has 34 nitrogen and oxygen atoms in total. The first-order chi connectivity index (χ1) is 52.0. The van der Waals surface area contributed by atoms with Gasteiger partial charge in [-0.2, -0.15) is 0 Å². The molecule has 1 aliphatic heterocycles. The number of para-hydroxylation sites is 2. The Morgan fingerprint density at radius 3 is 1.69 bits per heavy atom. The molecule has 34 heteroatoms. The number of hydrogen-bond acceptors (Lipinski definition) is 17. The Balaban J connectivity index is 1.23. The maximum absolute atomic E-state index is 15.0. The molecule has 0 spiro atoms. The van der Waals surface area contributed by atoms with Gasteiger partial charge in [-0.1, -0.05) is 97.0 Å². The normalized spacial score (nSPS) is 22.9. The van der Waals surface area contributed by atoms with E-state index in [1.807, 2.05) is 63.2 Å². The number of carboxylic acids is 1. The Kier molecular flexibility index (Phi) is 31.7. The maximum atomic E-state index is 15.0. The van der Waals surface area contributed by atoms with Gasteiger partial charge in [-0.15, -0.1) is 5.10 Å². The molecule has 11 atom stereocenters. The number of aryl methyl sites for hydroxylation is 2. The molecular formula is C76H110N20O14. The Hall–Kier alpha value is -11.1. The van der Waals surface area contributed by atoms with Crippen LogP contribution in [0.25, 0.3) is 21.8 Å². The lowest BCUT2D eigenvalue weighted by molar-refractivity contribution is -0.138. The smallest absolute Gasteiger partial charge is 0.303 e. The lowest BCUT2D eigenvalue weighted by Gasteiger charge is -2.29. The Morgan fingerprint density at radius 1 is 0.609 bits per heavy atom. The Labute approximate surface area is 639 Å². The van der Waals surface area contributed by atoms with Gasteiger partial charge in [0.2, 0.25) is 70.9 Å². The second kappa shape index (κ2) is 40.4. The van der Waals surface area contributed by atoms with Crippen molar-refractivity contribution in [2.75, 3.05) is 6.54 Å². The summed E-state index contributed by atoms with van der Waals surface area (Å²) in [6.07, 6.45) is 7.39. The summed E-state index contributed by atoms with van der Waals surface area (Å²) in [5, 5.41) is 53.2. The number of carbonyl (C=O) groups excluding carboxylic acids is 12. The fraction of sp³-hybridized carbons (Fsp3) is 0.553. The summed E-state index contributed by atoms with van der Waals surface area (Å²) in [5.41, 5.74) is 8.76. The number of H-pyrrole nitrogens is 3. The van der Waals surface area contributed by atoms with E-state index in [0.29, 0.717) is 28.9 Å². The second-order valence-electron chi connectivity index (χ2n) is 30.9. The molecule has 0 saturated heterocycles. The molecule has 598 valence electrons. The number of rotatable bonds is 19. The van der Waals surface area contributed by atoms with Crippen molar-refractivity contribution in [3.05, 3.63) is 102 Å². The van der Waals surface area contributed by atoms with Crippen molar-refractivity contribution >= 4 is 98.7 Å². The predicted octanol–water partition coefficient (Wildman–Crippen LogP) is 1.30. The summed E-state index contributed by atoms with van der Waals surface area (Å²) in [6.45, 7) is 20.3. The van der Waals surface area contributed by atoms with Crippen LogP contribution in [0, 0.1) is 23.7 Å². The van der Waals surface area contributed by atoms with Crippen LogP contribution in [0.5, 0.6) is 0 Å². The molecule has 5 heterocycles. The number of fused-ring (bicyclic) bond motifs is 4. The SMILES string of the molecule is CC(C)C[C@@H]1NC(=O)[C@H](Cc2cnc[nH]2)NC(=O)[C@H](Cc2c[nH]c3ccccc23)NC(=O)[C@H](C)NC(=O)[C@@H](NC(C)(C)C)CCc2cn(nn2)CCCC[C@@H](C(=O)N[C@H](C(N)=O)C(C)C)NC(=O)[C@H](Cc2c[nH]c3ccccc23)NC(=O)[C@H](C(C)C)NC(=O)[C@H](CC(C)C)NC(=O)[C@H](CCC(=O)O)NC(=O)CNC1=O. The minimum atomic E-state index is -1.62. The van der Waals surface area contributed by atoms with E-state index in [4.69, 9.17) is 5.73 Å². The van der Waals surface area contributed by atoms with Crippen molar-refractivity contribution in [2.45, 2.75) is 239 Å². The Morgan fingerprint density at radius 2 is 1.15 bits per heavy atom. The first kappa shape index (κ1) is 86.2. The summed E-state index contributed by atoms with van der Waals surface area (Å²) >= 11 is 0. The van der Waals surface area contributed by atoms with Gasteiger partial charge in [-0.3, -0.25) is 67.0 Å². The van der Waals surface area contributed by atoms with Gasteiger partial charge in [-0.25, -0.2) is 4.98 Å². The van der Waals surface area contributed by atoms with Gasteiger partial charge in [0.25, 0.3) is 0 Å². The number of amides is 12. The summed E-state index contributed by atoms with van der Waals surface area (Å²) in [6, 6.07) is -0.0319. The average molecular weight is 1530 g/mol. The van der Waals surface area contributed by atoms with Crippen molar-refractivity contribution in [2.24, 2.45) is 29.4 Å². The van der Waals surface area contributed by atoms with E-state index in [2.05, 4.69) is 94.0 Å². The van der Waals surface area contributed by atoms with Gasteiger partial charge in [0.1, 0.15) is 60.4 Å². The second-order valence-corrected chi connectivity index (χ2v) is 30.9. The summed E-state index contributed by atoms with van der Waals surface area (Å²) < 4.78 is 1.59. The monoisotopic (exact) mass is 1530 g/mol. The van der Waals surface area contributed by atoms with Gasteiger partial charge in [-0.05, 0) is 126 Å². The van der Waals surface area contributed by atoms with Crippen molar-refractivity contribution in [3.8, 4) is 0 Å². The number of nitrogens with zero attached hydrogens (tertiary/aromatic N) is 4. The summed E-state index contributed by atoms with van der Waals surface area (Å²) in [4.78, 5) is 198. The van der Waals surface area contributed by atoms with E-state index in [1.54, 1.807) is 84.7 Å². The third-order valence-electron chi connectivity index (χ3n) is 18.7. The van der Waals surface area contributed by atoms with Gasteiger partial charge >= 0.3 is 5.97 Å². The van der Waals surface area contributed by atoms with E-state index in [0.717, 1.165) is 21.8 Å². The molecule has 2 aromatic carbocycles. The van der Waals surface area contributed by atoms with Crippen LogP contribution in [0.3, 0.4) is 0 Å².